The van der Waals surface area contributed by atoms with Crippen LogP contribution in [0.25, 0.3) is 0 Å². The summed E-state index contributed by atoms with van der Waals surface area (Å²) in [6.07, 6.45) is 5.73. The van der Waals surface area contributed by atoms with Gasteiger partial charge in [-0.2, -0.15) is 0 Å². The van der Waals surface area contributed by atoms with Gasteiger partial charge in [0.05, 0.1) is 4.87 Å². The zero-order valence-corrected chi connectivity index (χ0v) is 14.7. The van der Waals surface area contributed by atoms with Gasteiger partial charge in [0.15, 0.2) is 0 Å². The van der Waals surface area contributed by atoms with Crippen molar-refractivity contribution < 1.29 is 0 Å². The van der Waals surface area contributed by atoms with Crippen LogP contribution in [0, 0.1) is 0 Å². The van der Waals surface area contributed by atoms with Crippen molar-refractivity contribution >= 4 is 11.6 Å². The van der Waals surface area contributed by atoms with Crippen LogP contribution in [-0.4, -0.2) is 25.0 Å². The van der Waals surface area contributed by atoms with Crippen LogP contribution in [0.15, 0.2) is 54.6 Å². The maximum absolute atomic E-state index is 6.45. The van der Waals surface area contributed by atoms with Crippen LogP contribution in [0.4, 0.5) is 0 Å². The second-order valence-electron chi connectivity index (χ2n) is 6.80. The molecule has 0 heterocycles. The summed E-state index contributed by atoms with van der Waals surface area (Å²) in [5, 5.41) is 0. The minimum atomic E-state index is -0.0316. The molecule has 0 spiro atoms. The highest BCUT2D eigenvalue weighted by molar-refractivity contribution is 6.25. The standard InChI is InChI=1S/C21H26ClN/c1-23(17-13-18-6-3-2-4-7-18)16-5-8-19-9-11-20(12-10-19)21(22)14-15-21/h2-4,6-7,9-12H,5,8,13-17H2,1H3. The van der Waals surface area contributed by atoms with E-state index in [-0.39, 0.29) is 4.87 Å². The zero-order valence-electron chi connectivity index (χ0n) is 14.0. The summed E-state index contributed by atoms with van der Waals surface area (Å²) in [5.41, 5.74) is 4.14. The third-order valence-electron chi connectivity index (χ3n) is 4.79. The summed E-state index contributed by atoms with van der Waals surface area (Å²) < 4.78 is 0. The van der Waals surface area contributed by atoms with E-state index in [2.05, 4.69) is 66.5 Å². The molecule has 0 N–H and O–H groups in total. The molecule has 0 saturated heterocycles. The van der Waals surface area contributed by atoms with Crippen LogP contribution in [0.1, 0.15) is 36.0 Å². The van der Waals surface area contributed by atoms with Crippen molar-refractivity contribution in [3.63, 3.8) is 0 Å². The predicted octanol–water partition coefficient (Wildman–Crippen LogP) is 5.02. The molecule has 1 fully saturated rings. The summed E-state index contributed by atoms with van der Waals surface area (Å²) >= 11 is 6.45. The Morgan fingerprint density at radius 1 is 0.870 bits per heavy atom. The first-order chi connectivity index (χ1) is 11.2. The van der Waals surface area contributed by atoms with Gasteiger partial charge in [-0.3, -0.25) is 0 Å². The first-order valence-corrected chi connectivity index (χ1v) is 9.04. The van der Waals surface area contributed by atoms with Gasteiger partial charge < -0.3 is 4.90 Å². The summed E-state index contributed by atoms with van der Waals surface area (Å²) in [5.74, 6) is 0. The summed E-state index contributed by atoms with van der Waals surface area (Å²) in [6.45, 7) is 2.27. The molecule has 2 heteroatoms. The molecule has 1 nitrogen and oxygen atoms in total. The average molecular weight is 328 g/mol. The first kappa shape index (κ1) is 16.5. The molecule has 0 atom stereocenters. The van der Waals surface area contributed by atoms with Crippen molar-refractivity contribution in [2.45, 2.75) is 37.0 Å². The van der Waals surface area contributed by atoms with Gasteiger partial charge in [-0.1, -0.05) is 54.6 Å². The second-order valence-corrected chi connectivity index (χ2v) is 7.53. The molecule has 0 aliphatic heterocycles. The van der Waals surface area contributed by atoms with Crippen molar-refractivity contribution in [3.8, 4) is 0 Å². The summed E-state index contributed by atoms with van der Waals surface area (Å²) in [7, 11) is 2.22. The molecule has 1 saturated carbocycles. The SMILES string of the molecule is CN(CCCc1ccc(C2(Cl)CC2)cc1)CCc1ccccc1. The third-order valence-corrected chi connectivity index (χ3v) is 5.39. The number of hydrogen-bond donors (Lipinski definition) is 0. The fourth-order valence-electron chi connectivity index (χ4n) is 3.00. The van der Waals surface area contributed by atoms with Gasteiger partial charge in [-0.25, -0.2) is 0 Å². The lowest BCUT2D eigenvalue weighted by molar-refractivity contribution is 0.333. The monoisotopic (exact) mass is 327 g/mol. The van der Waals surface area contributed by atoms with E-state index in [9.17, 15) is 0 Å². The quantitative estimate of drug-likeness (QED) is 0.615. The fraction of sp³-hybridized carbons (Fsp3) is 0.429. The van der Waals surface area contributed by atoms with Crippen molar-refractivity contribution in [2.24, 2.45) is 0 Å². The third kappa shape index (κ3) is 4.83. The van der Waals surface area contributed by atoms with Gasteiger partial charge >= 0.3 is 0 Å². The van der Waals surface area contributed by atoms with Gasteiger partial charge in [0.1, 0.15) is 0 Å². The van der Waals surface area contributed by atoms with Crippen LogP contribution in [0.5, 0.6) is 0 Å². The minimum Gasteiger partial charge on any atom is -0.306 e. The molecule has 2 aromatic carbocycles. The Morgan fingerprint density at radius 3 is 2.17 bits per heavy atom. The number of halogens is 1. The molecule has 1 aliphatic carbocycles. The molecule has 23 heavy (non-hydrogen) atoms. The van der Waals surface area contributed by atoms with Gasteiger partial charge in [-0.15, -0.1) is 11.6 Å². The van der Waals surface area contributed by atoms with E-state index in [1.54, 1.807) is 0 Å². The molecular formula is C21H26ClN. The molecule has 0 unspecified atom stereocenters. The van der Waals surface area contributed by atoms with Gasteiger partial charge in [0.2, 0.25) is 0 Å². The number of aryl methyl sites for hydroxylation is 1. The molecule has 0 bridgehead atoms. The Morgan fingerprint density at radius 2 is 1.52 bits per heavy atom. The Bertz CT molecular complexity index is 601. The van der Waals surface area contributed by atoms with Crippen molar-refractivity contribution in [1.82, 2.24) is 4.90 Å². The molecule has 0 amide bonds. The number of nitrogens with zero attached hydrogens (tertiary/aromatic N) is 1. The number of likely N-dealkylation sites (N-methyl/N-ethyl adjacent to an activating group) is 1. The Kier molecular flexibility index (Phi) is 5.40. The molecule has 122 valence electrons. The predicted molar refractivity (Wildman–Crippen MR) is 99.2 cm³/mol. The maximum atomic E-state index is 6.45. The van der Waals surface area contributed by atoms with E-state index in [4.69, 9.17) is 11.6 Å². The number of rotatable bonds is 8. The van der Waals surface area contributed by atoms with Gasteiger partial charge in [-0.05, 0) is 62.4 Å². The Balaban J connectivity index is 1.37. The van der Waals surface area contributed by atoms with E-state index in [0.717, 1.165) is 38.8 Å². The van der Waals surface area contributed by atoms with E-state index in [0.29, 0.717) is 0 Å². The van der Waals surface area contributed by atoms with Crippen LogP contribution in [0.2, 0.25) is 0 Å². The molecule has 0 radical (unpaired) electrons. The van der Waals surface area contributed by atoms with Crippen LogP contribution in [-0.2, 0) is 17.7 Å². The maximum Gasteiger partial charge on any atom is 0.0696 e. The highest BCUT2D eigenvalue weighted by Gasteiger charge is 2.41. The van der Waals surface area contributed by atoms with E-state index < -0.39 is 0 Å². The summed E-state index contributed by atoms with van der Waals surface area (Å²) in [6, 6.07) is 19.7. The van der Waals surface area contributed by atoms with Crippen molar-refractivity contribution in [2.75, 3.05) is 20.1 Å². The molecule has 0 aromatic heterocycles. The molecule has 1 aliphatic rings. The number of hydrogen-bond acceptors (Lipinski definition) is 1. The van der Waals surface area contributed by atoms with Crippen molar-refractivity contribution in [1.29, 1.82) is 0 Å². The highest BCUT2D eigenvalue weighted by Crippen LogP contribution is 2.51. The highest BCUT2D eigenvalue weighted by atomic mass is 35.5. The van der Waals surface area contributed by atoms with E-state index in [1.165, 1.54) is 23.1 Å². The smallest absolute Gasteiger partial charge is 0.0696 e. The lowest BCUT2D eigenvalue weighted by Crippen LogP contribution is -2.22. The fourth-order valence-corrected chi connectivity index (χ4v) is 3.22. The minimum absolute atomic E-state index is 0.0316. The van der Waals surface area contributed by atoms with E-state index >= 15 is 0 Å². The topological polar surface area (TPSA) is 3.24 Å². The van der Waals surface area contributed by atoms with Gasteiger partial charge in [0.25, 0.3) is 0 Å². The molecular weight excluding hydrogens is 302 g/mol. The largest absolute Gasteiger partial charge is 0.306 e. The van der Waals surface area contributed by atoms with E-state index in [1.807, 2.05) is 0 Å². The van der Waals surface area contributed by atoms with Crippen LogP contribution in [0.3, 0.4) is 0 Å². The zero-order chi connectivity index (χ0) is 16.1. The number of alkyl halides is 1. The molecule has 3 rings (SSSR count). The summed E-state index contributed by atoms with van der Waals surface area (Å²) in [4.78, 5) is 2.40. The Hall–Kier alpha value is -1.31. The van der Waals surface area contributed by atoms with Crippen LogP contribution < -0.4 is 0 Å². The van der Waals surface area contributed by atoms with Crippen LogP contribution >= 0.6 is 11.6 Å². The van der Waals surface area contributed by atoms with Gasteiger partial charge in [0, 0.05) is 6.54 Å². The lowest BCUT2D eigenvalue weighted by Gasteiger charge is -2.16. The number of benzene rings is 2. The first-order valence-electron chi connectivity index (χ1n) is 8.66. The lowest BCUT2D eigenvalue weighted by atomic mass is 10.0. The normalized spacial score (nSPS) is 15.8. The second kappa shape index (κ2) is 7.51. The Labute approximate surface area is 145 Å². The van der Waals surface area contributed by atoms with Crippen molar-refractivity contribution in [3.05, 3.63) is 71.3 Å². The average Bonchev–Trinajstić information content (AvgIpc) is 3.33. The molecule has 2 aromatic rings.